The van der Waals surface area contributed by atoms with Crippen molar-refractivity contribution in [2.75, 3.05) is 19.4 Å². The molecule has 0 aliphatic heterocycles. The molecule has 0 radical (unpaired) electrons. The van der Waals surface area contributed by atoms with Gasteiger partial charge in [0, 0.05) is 30.1 Å². The fraction of sp³-hybridized carbons (Fsp3) is 0.200. The minimum atomic E-state index is -0.464. The Morgan fingerprint density at radius 3 is 2.70 bits per heavy atom. The molecule has 2 rings (SSSR count). The van der Waals surface area contributed by atoms with Gasteiger partial charge in [-0.2, -0.15) is 0 Å². The molecule has 120 valence electrons. The molecule has 1 amide bonds. The van der Waals surface area contributed by atoms with Crippen molar-refractivity contribution in [2.24, 2.45) is 0 Å². The van der Waals surface area contributed by atoms with Gasteiger partial charge in [0.2, 0.25) is 5.91 Å². The summed E-state index contributed by atoms with van der Waals surface area (Å²) in [6.45, 7) is 0.713. The first kappa shape index (κ1) is 16.8. The molecule has 7 nitrogen and oxygen atoms in total. The Kier molecular flexibility index (Phi) is 5.56. The summed E-state index contributed by atoms with van der Waals surface area (Å²) in [5, 5.41) is 15.7. The summed E-state index contributed by atoms with van der Waals surface area (Å²) in [4.78, 5) is 28.3. The predicted octanol–water partition coefficient (Wildman–Crippen LogP) is 2.76. The van der Waals surface area contributed by atoms with Crippen LogP contribution >= 0.6 is 11.3 Å². The number of non-ortho nitro benzene ring substituents is 1. The molecule has 0 fully saturated rings. The van der Waals surface area contributed by atoms with Crippen molar-refractivity contribution in [2.45, 2.75) is 6.54 Å². The highest BCUT2D eigenvalue weighted by molar-refractivity contribution is 7.13. The summed E-state index contributed by atoms with van der Waals surface area (Å²) in [6, 6.07) is 5.96. The summed E-state index contributed by atoms with van der Waals surface area (Å²) in [5.74, 6) is -0.297. The fourth-order valence-corrected chi connectivity index (χ4v) is 2.49. The van der Waals surface area contributed by atoms with Gasteiger partial charge in [0.1, 0.15) is 0 Å². The Balaban J connectivity index is 1.93. The molecule has 1 N–H and O–H groups in total. The molecule has 23 heavy (non-hydrogen) atoms. The number of anilines is 1. The molecule has 0 bridgehead atoms. The molecule has 1 heterocycles. The number of nitro benzene ring substituents is 1. The number of thiazole rings is 1. The van der Waals surface area contributed by atoms with Crippen molar-refractivity contribution in [3.8, 4) is 0 Å². The second kappa shape index (κ2) is 7.61. The van der Waals surface area contributed by atoms with E-state index in [4.69, 9.17) is 0 Å². The highest BCUT2D eigenvalue weighted by Crippen LogP contribution is 2.16. The zero-order chi connectivity index (χ0) is 16.8. The lowest BCUT2D eigenvalue weighted by molar-refractivity contribution is -0.384. The maximum absolute atomic E-state index is 11.8. The molecule has 0 aliphatic carbocycles. The van der Waals surface area contributed by atoms with Gasteiger partial charge in [-0.1, -0.05) is 0 Å². The van der Waals surface area contributed by atoms with E-state index in [1.54, 1.807) is 18.2 Å². The lowest BCUT2D eigenvalue weighted by atomic mass is 10.2. The number of carbonyl (C=O) groups excluding carboxylic acids is 1. The molecule has 0 atom stereocenters. The van der Waals surface area contributed by atoms with Crippen LogP contribution in [0.2, 0.25) is 0 Å². The van der Waals surface area contributed by atoms with Crippen LogP contribution in [0.4, 0.5) is 10.8 Å². The molecule has 1 aromatic carbocycles. The van der Waals surface area contributed by atoms with Gasteiger partial charge in [-0.25, -0.2) is 4.98 Å². The third-order valence-corrected chi connectivity index (χ3v) is 3.60. The van der Waals surface area contributed by atoms with Crippen LogP contribution in [0, 0.1) is 10.1 Å². The summed E-state index contributed by atoms with van der Waals surface area (Å²) >= 11 is 1.37. The van der Waals surface area contributed by atoms with E-state index in [2.05, 4.69) is 10.3 Å². The minimum absolute atomic E-state index is 0.0165. The van der Waals surface area contributed by atoms with Crippen LogP contribution in [-0.4, -0.2) is 34.8 Å². The van der Waals surface area contributed by atoms with Gasteiger partial charge in [-0.05, 0) is 37.9 Å². The summed E-state index contributed by atoms with van der Waals surface area (Å²) in [5.41, 5.74) is 1.62. The number of amides is 1. The fourth-order valence-electron chi connectivity index (χ4n) is 1.79. The molecular formula is C15H16N4O3S. The molecule has 2 aromatic rings. The zero-order valence-corrected chi connectivity index (χ0v) is 13.5. The molecule has 0 saturated carbocycles. The predicted molar refractivity (Wildman–Crippen MR) is 90.3 cm³/mol. The molecular weight excluding hydrogens is 316 g/mol. The molecule has 1 aromatic heterocycles. The number of benzene rings is 1. The lowest BCUT2D eigenvalue weighted by Gasteiger charge is -2.05. The van der Waals surface area contributed by atoms with Crippen LogP contribution < -0.4 is 5.32 Å². The second-order valence-corrected chi connectivity index (χ2v) is 5.91. The normalized spacial score (nSPS) is 11.1. The van der Waals surface area contributed by atoms with Gasteiger partial charge in [0.25, 0.3) is 5.69 Å². The Labute approximate surface area is 137 Å². The van der Waals surface area contributed by atoms with Gasteiger partial charge in [-0.15, -0.1) is 11.3 Å². The summed E-state index contributed by atoms with van der Waals surface area (Å²) in [7, 11) is 3.90. The molecule has 0 saturated heterocycles. The highest BCUT2D eigenvalue weighted by Gasteiger charge is 2.06. The number of nitrogens with zero attached hydrogens (tertiary/aromatic N) is 3. The maximum atomic E-state index is 11.8. The maximum Gasteiger partial charge on any atom is 0.269 e. The van der Waals surface area contributed by atoms with Crippen LogP contribution in [-0.2, 0) is 11.3 Å². The SMILES string of the molecule is CN(C)Cc1csc(NC(=O)/C=C/c2ccc([N+](=O)[O-])cc2)n1. The van der Waals surface area contributed by atoms with E-state index >= 15 is 0 Å². The Hall–Kier alpha value is -2.58. The van der Waals surface area contributed by atoms with Crippen molar-refractivity contribution in [1.29, 1.82) is 0 Å². The van der Waals surface area contributed by atoms with Crippen molar-refractivity contribution in [1.82, 2.24) is 9.88 Å². The first-order valence-corrected chi connectivity index (χ1v) is 7.64. The van der Waals surface area contributed by atoms with Crippen molar-refractivity contribution < 1.29 is 9.72 Å². The molecule has 0 spiro atoms. The highest BCUT2D eigenvalue weighted by atomic mass is 32.1. The van der Waals surface area contributed by atoms with Gasteiger partial charge < -0.3 is 4.90 Å². The third-order valence-electron chi connectivity index (χ3n) is 2.79. The first-order valence-electron chi connectivity index (χ1n) is 6.76. The number of nitro groups is 1. The van der Waals surface area contributed by atoms with Crippen LogP contribution in [0.15, 0.2) is 35.7 Å². The average molecular weight is 332 g/mol. The minimum Gasteiger partial charge on any atom is -0.304 e. The summed E-state index contributed by atoms with van der Waals surface area (Å²) < 4.78 is 0. The smallest absolute Gasteiger partial charge is 0.269 e. The van der Waals surface area contributed by atoms with E-state index < -0.39 is 4.92 Å². The van der Waals surface area contributed by atoms with E-state index in [-0.39, 0.29) is 11.6 Å². The van der Waals surface area contributed by atoms with Gasteiger partial charge in [-0.3, -0.25) is 20.2 Å². The lowest BCUT2D eigenvalue weighted by Crippen LogP contribution is -2.11. The number of hydrogen-bond acceptors (Lipinski definition) is 6. The Bertz CT molecular complexity index is 723. The zero-order valence-electron chi connectivity index (χ0n) is 12.7. The number of rotatable bonds is 6. The van der Waals surface area contributed by atoms with Gasteiger partial charge in [0.15, 0.2) is 5.13 Å². The second-order valence-electron chi connectivity index (χ2n) is 5.05. The Morgan fingerprint density at radius 1 is 1.39 bits per heavy atom. The van der Waals surface area contributed by atoms with Crippen LogP contribution in [0.1, 0.15) is 11.3 Å². The monoisotopic (exact) mass is 332 g/mol. The molecule has 8 heteroatoms. The first-order chi connectivity index (χ1) is 10.9. The Morgan fingerprint density at radius 2 is 2.09 bits per heavy atom. The average Bonchev–Trinajstić information content (AvgIpc) is 2.91. The standard InChI is InChI=1S/C15H16N4O3S/c1-18(2)9-12-10-23-15(16-12)17-14(20)8-5-11-3-6-13(7-4-11)19(21)22/h3-8,10H,9H2,1-2H3,(H,16,17,20)/b8-5+. The van der Waals surface area contributed by atoms with E-state index in [0.29, 0.717) is 17.2 Å². The summed E-state index contributed by atoms with van der Waals surface area (Å²) in [6.07, 6.45) is 2.96. The van der Waals surface area contributed by atoms with Crippen LogP contribution in [0.25, 0.3) is 6.08 Å². The number of hydrogen-bond donors (Lipinski definition) is 1. The number of carbonyl (C=O) groups is 1. The van der Waals surface area contributed by atoms with Gasteiger partial charge >= 0.3 is 0 Å². The number of nitrogens with one attached hydrogen (secondary N) is 1. The van der Waals surface area contributed by atoms with E-state index in [0.717, 1.165) is 5.69 Å². The van der Waals surface area contributed by atoms with Crippen LogP contribution in [0.5, 0.6) is 0 Å². The van der Waals surface area contributed by atoms with Crippen molar-refractivity contribution in [3.05, 3.63) is 57.1 Å². The number of aromatic nitrogens is 1. The van der Waals surface area contributed by atoms with E-state index in [1.165, 1.54) is 29.5 Å². The largest absolute Gasteiger partial charge is 0.304 e. The van der Waals surface area contributed by atoms with E-state index in [1.807, 2.05) is 24.4 Å². The topological polar surface area (TPSA) is 88.4 Å². The van der Waals surface area contributed by atoms with Crippen molar-refractivity contribution in [3.63, 3.8) is 0 Å². The van der Waals surface area contributed by atoms with Crippen LogP contribution in [0.3, 0.4) is 0 Å². The molecule has 0 unspecified atom stereocenters. The quantitative estimate of drug-likeness (QED) is 0.499. The third kappa shape index (κ3) is 5.28. The van der Waals surface area contributed by atoms with E-state index in [9.17, 15) is 14.9 Å². The molecule has 0 aliphatic rings. The van der Waals surface area contributed by atoms with Crippen molar-refractivity contribution >= 4 is 34.1 Å². The van der Waals surface area contributed by atoms with Gasteiger partial charge in [0.05, 0.1) is 10.6 Å².